The summed E-state index contributed by atoms with van der Waals surface area (Å²) in [4.78, 5) is 11.7. The number of thioether (sulfide) groups is 1. The average Bonchev–Trinajstić information content (AvgIpc) is 2.85. The van der Waals surface area contributed by atoms with Gasteiger partial charge in [-0.15, -0.1) is 0 Å². The Bertz CT molecular complexity index is 483. The fourth-order valence-electron chi connectivity index (χ4n) is 2.36. The highest BCUT2D eigenvalue weighted by atomic mass is 35.5. The molecule has 2 rings (SSSR count). The van der Waals surface area contributed by atoms with Crippen LogP contribution in [0.1, 0.15) is 25.7 Å². The predicted octanol–water partition coefficient (Wildman–Crippen LogP) is 2.52. The Hall–Kier alpha value is -0.680. The van der Waals surface area contributed by atoms with Crippen LogP contribution in [0.5, 0.6) is 0 Å². The molecule has 6 heteroatoms. The quantitative estimate of drug-likeness (QED) is 0.924. The predicted molar refractivity (Wildman–Crippen MR) is 77.7 cm³/mol. The van der Waals surface area contributed by atoms with Crippen LogP contribution < -0.4 is 10.9 Å². The number of halogens is 1. The molecule has 0 amide bonds. The van der Waals surface area contributed by atoms with Crippen molar-refractivity contribution in [1.82, 2.24) is 9.78 Å². The maximum Gasteiger partial charge on any atom is 0.287 e. The van der Waals surface area contributed by atoms with Crippen LogP contribution in [-0.4, -0.2) is 27.3 Å². The molecule has 0 aliphatic heterocycles. The van der Waals surface area contributed by atoms with E-state index in [1.54, 1.807) is 13.2 Å². The Morgan fingerprint density at radius 2 is 2.22 bits per heavy atom. The van der Waals surface area contributed by atoms with Gasteiger partial charge in [0, 0.05) is 18.3 Å². The Morgan fingerprint density at radius 1 is 1.56 bits per heavy atom. The van der Waals surface area contributed by atoms with Gasteiger partial charge in [-0.3, -0.25) is 4.79 Å². The molecule has 1 aromatic rings. The fraction of sp³-hybridized carbons (Fsp3) is 0.667. The molecule has 0 spiro atoms. The second-order valence-corrected chi connectivity index (χ2v) is 6.40. The maximum absolute atomic E-state index is 11.7. The van der Waals surface area contributed by atoms with Gasteiger partial charge in [0.2, 0.25) is 0 Å². The first-order chi connectivity index (χ1) is 8.58. The van der Waals surface area contributed by atoms with Gasteiger partial charge in [-0.25, -0.2) is 4.68 Å². The van der Waals surface area contributed by atoms with Gasteiger partial charge in [-0.1, -0.05) is 24.4 Å². The van der Waals surface area contributed by atoms with E-state index in [1.807, 2.05) is 11.8 Å². The zero-order valence-corrected chi connectivity index (χ0v) is 12.3. The third kappa shape index (κ3) is 2.67. The lowest BCUT2D eigenvalue weighted by Gasteiger charge is -2.27. The van der Waals surface area contributed by atoms with Gasteiger partial charge in [0.1, 0.15) is 5.02 Å². The number of rotatable bonds is 4. The topological polar surface area (TPSA) is 46.9 Å². The van der Waals surface area contributed by atoms with Crippen LogP contribution in [0.2, 0.25) is 5.02 Å². The molecule has 1 fully saturated rings. The van der Waals surface area contributed by atoms with E-state index in [0.29, 0.717) is 5.69 Å². The van der Waals surface area contributed by atoms with Gasteiger partial charge in [-0.05, 0) is 19.1 Å². The third-order valence-corrected chi connectivity index (χ3v) is 5.41. The number of aromatic nitrogens is 2. The van der Waals surface area contributed by atoms with Crippen LogP contribution in [0.4, 0.5) is 5.69 Å². The minimum absolute atomic E-state index is 0.224. The molecule has 1 aromatic heterocycles. The Labute approximate surface area is 116 Å². The second-order valence-electron chi connectivity index (χ2n) is 4.75. The summed E-state index contributed by atoms with van der Waals surface area (Å²) in [7, 11) is 1.60. The summed E-state index contributed by atoms with van der Waals surface area (Å²) in [5.74, 6) is 0. The molecule has 0 atom stereocenters. The molecule has 0 aromatic carbocycles. The van der Waals surface area contributed by atoms with Crippen molar-refractivity contribution in [3.8, 4) is 0 Å². The highest BCUT2D eigenvalue weighted by molar-refractivity contribution is 8.00. The molecule has 4 nitrogen and oxygen atoms in total. The first kappa shape index (κ1) is 13.7. The maximum atomic E-state index is 11.7. The van der Waals surface area contributed by atoms with Crippen molar-refractivity contribution < 1.29 is 0 Å². The number of anilines is 1. The largest absolute Gasteiger partial charge is 0.381 e. The van der Waals surface area contributed by atoms with Gasteiger partial charge in [0.05, 0.1) is 11.9 Å². The monoisotopic (exact) mass is 287 g/mol. The van der Waals surface area contributed by atoms with E-state index in [9.17, 15) is 4.79 Å². The van der Waals surface area contributed by atoms with Gasteiger partial charge in [0.15, 0.2) is 0 Å². The summed E-state index contributed by atoms with van der Waals surface area (Å²) in [6, 6.07) is 0. The normalized spacial score (nSPS) is 17.9. The van der Waals surface area contributed by atoms with Gasteiger partial charge in [-0.2, -0.15) is 16.9 Å². The number of aryl methyl sites for hydroxylation is 1. The van der Waals surface area contributed by atoms with Gasteiger partial charge < -0.3 is 5.32 Å². The average molecular weight is 288 g/mol. The van der Waals surface area contributed by atoms with E-state index in [2.05, 4.69) is 16.7 Å². The minimum Gasteiger partial charge on any atom is -0.381 e. The first-order valence-corrected chi connectivity index (χ1v) is 7.69. The zero-order valence-electron chi connectivity index (χ0n) is 10.7. The van der Waals surface area contributed by atoms with Gasteiger partial charge in [0.25, 0.3) is 5.56 Å². The Morgan fingerprint density at radius 3 is 2.83 bits per heavy atom. The van der Waals surface area contributed by atoms with E-state index >= 15 is 0 Å². The fourth-order valence-corrected chi connectivity index (χ4v) is 3.51. The Kier molecular flexibility index (Phi) is 4.22. The van der Waals surface area contributed by atoms with Crippen molar-refractivity contribution in [2.24, 2.45) is 7.05 Å². The highest BCUT2D eigenvalue weighted by Crippen LogP contribution is 2.40. The molecule has 1 saturated carbocycles. The van der Waals surface area contributed by atoms with Crippen LogP contribution in [0.15, 0.2) is 11.0 Å². The summed E-state index contributed by atoms with van der Waals surface area (Å²) in [5, 5.41) is 7.49. The van der Waals surface area contributed by atoms with Crippen LogP contribution in [-0.2, 0) is 7.05 Å². The highest BCUT2D eigenvalue weighted by Gasteiger charge is 2.32. The second kappa shape index (κ2) is 5.53. The molecule has 100 valence electrons. The first-order valence-electron chi connectivity index (χ1n) is 6.09. The van der Waals surface area contributed by atoms with Crippen molar-refractivity contribution in [3.63, 3.8) is 0 Å². The van der Waals surface area contributed by atoms with E-state index in [-0.39, 0.29) is 15.3 Å². The van der Waals surface area contributed by atoms with Crippen molar-refractivity contribution in [2.75, 3.05) is 18.1 Å². The number of hydrogen-bond acceptors (Lipinski definition) is 4. The lowest BCUT2D eigenvalue weighted by Crippen LogP contribution is -2.31. The Balaban J connectivity index is 2.11. The molecule has 1 aliphatic carbocycles. The van der Waals surface area contributed by atoms with Gasteiger partial charge >= 0.3 is 0 Å². The molecular formula is C12H18ClN3OS. The third-order valence-electron chi connectivity index (χ3n) is 3.63. The van der Waals surface area contributed by atoms with E-state index in [4.69, 9.17) is 11.6 Å². The van der Waals surface area contributed by atoms with Crippen LogP contribution in [0, 0.1) is 0 Å². The molecule has 0 unspecified atom stereocenters. The summed E-state index contributed by atoms with van der Waals surface area (Å²) in [6.07, 6.45) is 8.77. The van der Waals surface area contributed by atoms with Crippen LogP contribution >= 0.6 is 23.4 Å². The molecule has 0 saturated heterocycles. The van der Waals surface area contributed by atoms with Crippen LogP contribution in [0.3, 0.4) is 0 Å². The molecule has 1 heterocycles. The molecular weight excluding hydrogens is 270 g/mol. The van der Waals surface area contributed by atoms with Crippen molar-refractivity contribution in [2.45, 2.75) is 30.4 Å². The van der Waals surface area contributed by atoms with Crippen molar-refractivity contribution in [1.29, 1.82) is 0 Å². The standard InChI is InChI=1S/C12H18ClN3OS/c1-16-11(17)10(13)9(7-15-16)14-8-12(18-2)5-3-4-6-12/h7,14H,3-6,8H2,1-2H3. The SMILES string of the molecule is CSC1(CNc2cnn(C)c(=O)c2Cl)CCCC1. The molecule has 0 bridgehead atoms. The van der Waals surface area contributed by atoms with Crippen molar-refractivity contribution in [3.05, 3.63) is 21.6 Å². The molecule has 18 heavy (non-hydrogen) atoms. The molecule has 1 aliphatic rings. The lowest BCUT2D eigenvalue weighted by atomic mass is 10.1. The van der Waals surface area contributed by atoms with E-state index in [0.717, 1.165) is 6.54 Å². The smallest absolute Gasteiger partial charge is 0.287 e. The summed E-state index contributed by atoms with van der Waals surface area (Å²) in [6.45, 7) is 0.836. The zero-order chi connectivity index (χ0) is 13.2. The summed E-state index contributed by atoms with van der Waals surface area (Å²) < 4.78 is 1.53. The summed E-state index contributed by atoms with van der Waals surface area (Å²) >= 11 is 7.93. The number of nitrogens with zero attached hydrogens (tertiary/aromatic N) is 2. The van der Waals surface area contributed by atoms with Crippen LogP contribution in [0.25, 0.3) is 0 Å². The van der Waals surface area contributed by atoms with E-state index in [1.165, 1.54) is 30.4 Å². The number of hydrogen-bond donors (Lipinski definition) is 1. The summed E-state index contributed by atoms with van der Waals surface area (Å²) in [5.41, 5.74) is 0.381. The lowest BCUT2D eigenvalue weighted by molar-refractivity contribution is 0.638. The molecule has 1 N–H and O–H groups in total. The number of nitrogens with one attached hydrogen (secondary N) is 1. The van der Waals surface area contributed by atoms with Crippen molar-refractivity contribution >= 4 is 29.1 Å². The molecule has 0 radical (unpaired) electrons. The minimum atomic E-state index is -0.258. The van der Waals surface area contributed by atoms with E-state index < -0.39 is 0 Å².